The van der Waals surface area contributed by atoms with Gasteiger partial charge in [-0.3, -0.25) is 5.43 Å². The summed E-state index contributed by atoms with van der Waals surface area (Å²) in [6, 6.07) is 8.96. The fourth-order valence-corrected chi connectivity index (χ4v) is 1.30. The van der Waals surface area contributed by atoms with Crippen molar-refractivity contribution in [3.8, 4) is 0 Å². The number of furan rings is 1. The van der Waals surface area contributed by atoms with Gasteiger partial charge in [0.15, 0.2) is 0 Å². The van der Waals surface area contributed by atoms with Crippen LogP contribution in [0.15, 0.2) is 52.2 Å². The zero-order valence-corrected chi connectivity index (χ0v) is 9.63. The van der Waals surface area contributed by atoms with Gasteiger partial charge in [-0.1, -0.05) is 17.7 Å². The highest BCUT2D eigenvalue weighted by Gasteiger charge is 1.91. The molecule has 2 aromatic heterocycles. The van der Waals surface area contributed by atoms with E-state index in [1.165, 1.54) is 0 Å². The summed E-state index contributed by atoms with van der Waals surface area (Å²) in [4.78, 5) is 4.02. The van der Waals surface area contributed by atoms with Crippen molar-refractivity contribution in [3.63, 3.8) is 0 Å². The van der Waals surface area contributed by atoms with Crippen LogP contribution in [0.25, 0.3) is 6.08 Å². The molecule has 0 atom stereocenters. The molecule has 0 aromatic carbocycles. The third-order valence-electron chi connectivity index (χ3n) is 1.86. The normalized spacial score (nSPS) is 11.4. The van der Waals surface area contributed by atoms with Crippen LogP contribution in [0.4, 0.5) is 5.82 Å². The Morgan fingerprint density at radius 3 is 3.00 bits per heavy atom. The largest absolute Gasteiger partial charge is 0.465 e. The van der Waals surface area contributed by atoms with Crippen LogP contribution < -0.4 is 5.43 Å². The van der Waals surface area contributed by atoms with Crippen LogP contribution in [0.3, 0.4) is 0 Å². The van der Waals surface area contributed by atoms with Crippen molar-refractivity contribution in [2.45, 2.75) is 0 Å². The quantitative estimate of drug-likeness (QED) is 0.512. The maximum Gasteiger partial charge on any atom is 0.147 e. The zero-order valence-electron chi connectivity index (χ0n) is 8.88. The standard InChI is InChI=1S/C12H10ClN3O/c13-11-6-1-7-12(15-11)16-14-8-2-4-10-5-3-9-17-10/h1-9H,(H,15,16)/b4-2+,14-8+. The molecule has 5 heteroatoms. The van der Waals surface area contributed by atoms with Gasteiger partial charge in [0.25, 0.3) is 0 Å². The number of hydrogen-bond donors (Lipinski definition) is 1. The van der Waals surface area contributed by atoms with Gasteiger partial charge in [0, 0.05) is 6.21 Å². The van der Waals surface area contributed by atoms with Gasteiger partial charge < -0.3 is 4.42 Å². The minimum absolute atomic E-state index is 0.427. The first-order chi connectivity index (χ1) is 8.34. The fraction of sp³-hybridized carbons (Fsp3) is 0. The molecule has 4 nitrogen and oxygen atoms in total. The summed E-state index contributed by atoms with van der Waals surface area (Å²) in [5, 5.41) is 4.38. The molecule has 2 aromatic rings. The number of nitrogens with one attached hydrogen (secondary N) is 1. The first-order valence-electron chi connectivity index (χ1n) is 4.96. The van der Waals surface area contributed by atoms with Crippen LogP contribution in [0.2, 0.25) is 5.15 Å². The van der Waals surface area contributed by atoms with Crippen LogP contribution in [0, 0.1) is 0 Å². The lowest BCUT2D eigenvalue weighted by atomic mass is 10.4. The van der Waals surface area contributed by atoms with Crippen molar-refractivity contribution in [3.05, 3.63) is 53.6 Å². The molecule has 0 unspecified atom stereocenters. The van der Waals surface area contributed by atoms with E-state index in [9.17, 15) is 0 Å². The van der Waals surface area contributed by atoms with Crippen molar-refractivity contribution < 1.29 is 4.42 Å². The van der Waals surface area contributed by atoms with Crippen molar-refractivity contribution in [2.75, 3.05) is 5.43 Å². The Balaban J connectivity index is 1.86. The van der Waals surface area contributed by atoms with Gasteiger partial charge in [0.1, 0.15) is 16.7 Å². The molecule has 2 heterocycles. The number of anilines is 1. The number of rotatable bonds is 4. The molecule has 0 spiro atoms. The van der Waals surface area contributed by atoms with Gasteiger partial charge in [-0.05, 0) is 36.4 Å². The van der Waals surface area contributed by atoms with Gasteiger partial charge >= 0.3 is 0 Å². The molecule has 2 rings (SSSR count). The van der Waals surface area contributed by atoms with E-state index < -0.39 is 0 Å². The summed E-state index contributed by atoms with van der Waals surface area (Å²) in [5.41, 5.74) is 2.76. The number of aromatic nitrogens is 1. The second kappa shape index (κ2) is 5.86. The molecule has 1 N–H and O–H groups in total. The van der Waals surface area contributed by atoms with Crippen molar-refractivity contribution in [2.24, 2.45) is 5.10 Å². The van der Waals surface area contributed by atoms with Crippen LogP contribution in [-0.4, -0.2) is 11.2 Å². The van der Waals surface area contributed by atoms with E-state index >= 15 is 0 Å². The van der Waals surface area contributed by atoms with Gasteiger partial charge in [0.05, 0.1) is 6.26 Å². The highest BCUT2D eigenvalue weighted by atomic mass is 35.5. The summed E-state index contributed by atoms with van der Waals surface area (Å²) in [6.45, 7) is 0. The van der Waals surface area contributed by atoms with E-state index in [0.717, 1.165) is 5.76 Å². The highest BCUT2D eigenvalue weighted by Crippen LogP contribution is 2.08. The smallest absolute Gasteiger partial charge is 0.147 e. The molecule has 0 aliphatic rings. The number of hydrazone groups is 1. The SMILES string of the molecule is Clc1cccc(N/N=C/C=C/c2ccco2)n1. The molecule has 0 amide bonds. The Kier molecular flexibility index (Phi) is 3.94. The molecule has 0 radical (unpaired) electrons. The minimum atomic E-state index is 0.427. The fourth-order valence-electron chi connectivity index (χ4n) is 1.14. The van der Waals surface area contributed by atoms with Gasteiger partial charge in [-0.2, -0.15) is 5.10 Å². The summed E-state index contributed by atoms with van der Waals surface area (Å²) in [6.07, 6.45) is 6.78. The number of allylic oxidation sites excluding steroid dienone is 1. The molecular weight excluding hydrogens is 238 g/mol. The first-order valence-corrected chi connectivity index (χ1v) is 5.34. The molecule has 0 fully saturated rings. The van der Waals surface area contributed by atoms with E-state index in [-0.39, 0.29) is 0 Å². The second-order valence-corrected chi connectivity index (χ2v) is 3.50. The third-order valence-corrected chi connectivity index (χ3v) is 2.07. The predicted molar refractivity (Wildman–Crippen MR) is 69.1 cm³/mol. The van der Waals surface area contributed by atoms with E-state index in [1.807, 2.05) is 12.1 Å². The number of hydrogen-bond acceptors (Lipinski definition) is 4. The number of nitrogens with zero attached hydrogens (tertiary/aromatic N) is 2. The number of halogens is 1. The van der Waals surface area contributed by atoms with Crippen molar-refractivity contribution in [1.29, 1.82) is 0 Å². The van der Waals surface area contributed by atoms with E-state index in [0.29, 0.717) is 11.0 Å². The maximum absolute atomic E-state index is 5.72. The predicted octanol–water partition coefficient (Wildman–Crippen LogP) is 3.44. The molecular formula is C12H10ClN3O. The second-order valence-electron chi connectivity index (χ2n) is 3.11. The van der Waals surface area contributed by atoms with Crippen LogP contribution >= 0.6 is 11.6 Å². The molecule has 0 aliphatic heterocycles. The average Bonchev–Trinajstić information content (AvgIpc) is 2.82. The monoisotopic (exact) mass is 247 g/mol. The molecule has 17 heavy (non-hydrogen) atoms. The molecule has 0 saturated carbocycles. The maximum atomic E-state index is 5.72. The Hall–Kier alpha value is -2.07. The first kappa shape index (κ1) is 11.4. The van der Waals surface area contributed by atoms with Crippen LogP contribution in [0.5, 0.6) is 0 Å². The van der Waals surface area contributed by atoms with Crippen LogP contribution in [-0.2, 0) is 0 Å². The van der Waals surface area contributed by atoms with Gasteiger partial charge in [0.2, 0.25) is 0 Å². The minimum Gasteiger partial charge on any atom is -0.465 e. The lowest BCUT2D eigenvalue weighted by molar-refractivity contribution is 0.557. The molecule has 0 saturated heterocycles. The highest BCUT2D eigenvalue weighted by molar-refractivity contribution is 6.29. The average molecular weight is 248 g/mol. The van der Waals surface area contributed by atoms with E-state index in [2.05, 4.69) is 15.5 Å². The van der Waals surface area contributed by atoms with Crippen molar-refractivity contribution in [1.82, 2.24) is 4.98 Å². The Morgan fingerprint density at radius 2 is 2.24 bits per heavy atom. The zero-order chi connectivity index (χ0) is 11.9. The summed E-state index contributed by atoms with van der Waals surface area (Å²) < 4.78 is 5.12. The van der Waals surface area contributed by atoms with Crippen LogP contribution in [0.1, 0.15) is 5.76 Å². The molecule has 0 bridgehead atoms. The third kappa shape index (κ3) is 3.77. The van der Waals surface area contributed by atoms with E-state index in [1.54, 1.807) is 42.8 Å². The number of pyridine rings is 1. The topological polar surface area (TPSA) is 50.4 Å². The van der Waals surface area contributed by atoms with E-state index in [4.69, 9.17) is 16.0 Å². The molecule has 0 aliphatic carbocycles. The molecule has 86 valence electrons. The Bertz CT molecular complexity index is 520. The van der Waals surface area contributed by atoms with Crippen molar-refractivity contribution >= 4 is 29.7 Å². The lowest BCUT2D eigenvalue weighted by Gasteiger charge is -1.97. The van der Waals surface area contributed by atoms with Gasteiger partial charge in [-0.15, -0.1) is 0 Å². The Labute approximate surface area is 104 Å². The summed E-state index contributed by atoms with van der Waals surface area (Å²) in [7, 11) is 0. The summed E-state index contributed by atoms with van der Waals surface area (Å²) in [5.74, 6) is 1.37. The lowest BCUT2D eigenvalue weighted by Crippen LogP contribution is -1.91. The summed E-state index contributed by atoms with van der Waals surface area (Å²) >= 11 is 5.72. The Morgan fingerprint density at radius 1 is 1.29 bits per heavy atom. The van der Waals surface area contributed by atoms with Gasteiger partial charge in [-0.25, -0.2) is 4.98 Å².